The molecule has 1 N–H and O–H groups in total. The molecule has 0 aliphatic carbocycles. The Hall–Kier alpha value is -3.43. The van der Waals surface area contributed by atoms with Crippen molar-refractivity contribution in [2.24, 2.45) is 0 Å². The number of nitrogens with one attached hydrogen (secondary N) is 1. The highest BCUT2D eigenvalue weighted by molar-refractivity contribution is 7.99. The number of carbonyl (C=O) groups excluding carboxylic acids is 1. The van der Waals surface area contributed by atoms with Crippen molar-refractivity contribution in [3.05, 3.63) is 78.1 Å². The summed E-state index contributed by atoms with van der Waals surface area (Å²) in [7, 11) is 0. The Morgan fingerprint density at radius 1 is 1.09 bits per heavy atom. The Morgan fingerprint density at radius 2 is 1.86 bits per heavy atom. The van der Waals surface area contributed by atoms with E-state index in [1.165, 1.54) is 23.9 Å². The van der Waals surface area contributed by atoms with Gasteiger partial charge in [0.15, 0.2) is 5.16 Å². The Kier molecular flexibility index (Phi) is 6.96. The van der Waals surface area contributed by atoms with Crippen LogP contribution in [0.5, 0.6) is 0 Å². The maximum absolute atomic E-state index is 14.0. The molecule has 1 atom stereocenters. The van der Waals surface area contributed by atoms with E-state index in [0.717, 1.165) is 16.3 Å². The molecule has 180 valence electrons. The van der Waals surface area contributed by atoms with Crippen molar-refractivity contribution in [1.29, 1.82) is 0 Å². The van der Waals surface area contributed by atoms with Gasteiger partial charge in [0, 0.05) is 13.1 Å². The first-order valence-corrected chi connectivity index (χ1v) is 12.5. The molecule has 1 aliphatic rings. The van der Waals surface area contributed by atoms with Gasteiger partial charge in [-0.05, 0) is 41.5 Å². The molecule has 9 heteroatoms. The lowest BCUT2D eigenvalue weighted by atomic mass is 10.00. The lowest BCUT2D eigenvalue weighted by Crippen LogP contribution is -2.37. The fourth-order valence-electron chi connectivity index (χ4n) is 4.28. The molecule has 7 nitrogen and oxygen atoms in total. The van der Waals surface area contributed by atoms with Gasteiger partial charge in [-0.25, -0.2) is 4.39 Å². The summed E-state index contributed by atoms with van der Waals surface area (Å²) in [6.07, 6.45) is 0. The summed E-state index contributed by atoms with van der Waals surface area (Å²) in [5.74, 6) is 0.316. The van der Waals surface area contributed by atoms with Crippen LogP contribution in [0.15, 0.2) is 71.9 Å². The second-order valence-electron chi connectivity index (χ2n) is 8.34. The van der Waals surface area contributed by atoms with Crippen molar-refractivity contribution in [3.63, 3.8) is 0 Å². The van der Waals surface area contributed by atoms with Crippen LogP contribution >= 0.6 is 11.8 Å². The number of fused-ring (bicyclic) bond motifs is 1. The Morgan fingerprint density at radius 3 is 2.69 bits per heavy atom. The van der Waals surface area contributed by atoms with E-state index in [-0.39, 0.29) is 23.5 Å². The van der Waals surface area contributed by atoms with Crippen LogP contribution in [0.1, 0.15) is 18.5 Å². The first-order chi connectivity index (χ1) is 17.1. The van der Waals surface area contributed by atoms with Crippen LogP contribution in [0.3, 0.4) is 0 Å². The Labute approximate surface area is 207 Å². The van der Waals surface area contributed by atoms with Gasteiger partial charge in [-0.15, -0.1) is 10.2 Å². The van der Waals surface area contributed by atoms with E-state index in [2.05, 4.69) is 38.6 Å². The third-order valence-corrected chi connectivity index (χ3v) is 6.91. The van der Waals surface area contributed by atoms with E-state index in [1.807, 2.05) is 37.3 Å². The maximum Gasteiger partial charge on any atom is 0.232 e. The number of rotatable bonds is 7. The molecule has 0 spiro atoms. The standard InChI is InChI=1S/C26H26FN5O2S/c1-18(22-11-4-7-19-6-2-3-10-23(19)22)28-24(33)17-35-26-30-29-25(31-12-14-34-15-13-31)32(26)21-9-5-8-20(27)16-21/h2-11,16,18H,12-15,17H2,1H3,(H,28,33). The Balaban J connectivity index is 1.33. The van der Waals surface area contributed by atoms with Crippen molar-refractivity contribution in [3.8, 4) is 5.69 Å². The van der Waals surface area contributed by atoms with Crippen LogP contribution in [0.25, 0.3) is 16.5 Å². The van der Waals surface area contributed by atoms with E-state index >= 15 is 0 Å². The number of ether oxygens (including phenoxy) is 1. The van der Waals surface area contributed by atoms with Crippen molar-refractivity contribution < 1.29 is 13.9 Å². The molecule has 0 saturated carbocycles. The third kappa shape index (κ3) is 5.16. The number of benzene rings is 3. The molecule has 1 saturated heterocycles. The topological polar surface area (TPSA) is 72.3 Å². The smallest absolute Gasteiger partial charge is 0.232 e. The fraction of sp³-hybridized carbons (Fsp3) is 0.269. The summed E-state index contributed by atoms with van der Waals surface area (Å²) in [4.78, 5) is 14.9. The molecule has 0 bridgehead atoms. The number of morpholine rings is 1. The van der Waals surface area contributed by atoms with Crippen molar-refractivity contribution in [2.45, 2.75) is 18.1 Å². The van der Waals surface area contributed by atoms with Gasteiger partial charge in [-0.2, -0.15) is 0 Å². The highest BCUT2D eigenvalue weighted by Crippen LogP contribution is 2.28. The molecule has 1 aromatic heterocycles. The van der Waals surface area contributed by atoms with Crippen molar-refractivity contribution >= 4 is 34.4 Å². The van der Waals surface area contributed by atoms with Crippen LogP contribution in [-0.4, -0.2) is 52.7 Å². The molecule has 5 rings (SSSR count). The minimum absolute atomic E-state index is 0.114. The SMILES string of the molecule is CC(NC(=O)CSc1nnc(N2CCOCC2)n1-c1cccc(F)c1)c1cccc2ccccc12. The lowest BCUT2D eigenvalue weighted by molar-refractivity contribution is -0.119. The Bertz CT molecular complexity index is 1330. The number of hydrogen-bond acceptors (Lipinski definition) is 6. The van der Waals surface area contributed by atoms with E-state index in [1.54, 1.807) is 10.6 Å². The zero-order chi connectivity index (χ0) is 24.2. The van der Waals surface area contributed by atoms with Gasteiger partial charge in [0.2, 0.25) is 11.9 Å². The summed E-state index contributed by atoms with van der Waals surface area (Å²) >= 11 is 1.28. The van der Waals surface area contributed by atoms with Crippen LogP contribution in [0, 0.1) is 5.82 Å². The minimum atomic E-state index is -0.346. The van der Waals surface area contributed by atoms with Crippen molar-refractivity contribution in [1.82, 2.24) is 20.1 Å². The number of anilines is 1. The van der Waals surface area contributed by atoms with E-state index < -0.39 is 0 Å². The molecule has 1 amide bonds. The first-order valence-electron chi connectivity index (χ1n) is 11.5. The van der Waals surface area contributed by atoms with Gasteiger partial charge >= 0.3 is 0 Å². The summed E-state index contributed by atoms with van der Waals surface area (Å²) in [5.41, 5.74) is 1.68. The quantitative estimate of drug-likeness (QED) is 0.387. The minimum Gasteiger partial charge on any atom is -0.378 e. The molecule has 35 heavy (non-hydrogen) atoms. The molecule has 2 heterocycles. The second-order valence-corrected chi connectivity index (χ2v) is 9.29. The molecule has 1 unspecified atom stereocenters. The first kappa shape index (κ1) is 23.3. The summed E-state index contributed by atoms with van der Waals surface area (Å²) < 4.78 is 21.3. The van der Waals surface area contributed by atoms with Crippen LogP contribution in [0.4, 0.5) is 10.3 Å². The largest absolute Gasteiger partial charge is 0.378 e. The second kappa shape index (κ2) is 10.5. The molecular weight excluding hydrogens is 465 g/mol. The van der Waals surface area contributed by atoms with Gasteiger partial charge in [-0.1, -0.05) is 60.3 Å². The van der Waals surface area contributed by atoms with Crippen LogP contribution < -0.4 is 10.2 Å². The normalized spacial score (nSPS) is 14.7. The zero-order valence-electron chi connectivity index (χ0n) is 19.4. The maximum atomic E-state index is 14.0. The zero-order valence-corrected chi connectivity index (χ0v) is 20.2. The molecule has 4 aromatic rings. The fourth-order valence-corrected chi connectivity index (χ4v) is 5.04. The van der Waals surface area contributed by atoms with Gasteiger partial charge < -0.3 is 15.0 Å². The van der Waals surface area contributed by atoms with Gasteiger partial charge in [0.05, 0.1) is 30.7 Å². The molecule has 3 aromatic carbocycles. The summed E-state index contributed by atoms with van der Waals surface area (Å²) in [6, 6.07) is 20.4. The van der Waals surface area contributed by atoms with Crippen LogP contribution in [0.2, 0.25) is 0 Å². The van der Waals surface area contributed by atoms with Gasteiger partial charge in [-0.3, -0.25) is 9.36 Å². The van der Waals surface area contributed by atoms with Gasteiger partial charge in [0.25, 0.3) is 0 Å². The third-order valence-electron chi connectivity index (χ3n) is 5.98. The number of aromatic nitrogens is 3. The average Bonchev–Trinajstić information content (AvgIpc) is 3.31. The average molecular weight is 492 g/mol. The molecule has 1 fully saturated rings. The molecule has 1 aliphatic heterocycles. The summed E-state index contributed by atoms with van der Waals surface area (Å²) in [6.45, 7) is 4.50. The monoisotopic (exact) mass is 491 g/mol. The number of carbonyl (C=O) groups is 1. The summed E-state index contributed by atoms with van der Waals surface area (Å²) in [5, 5.41) is 14.6. The van der Waals surface area contributed by atoms with Gasteiger partial charge in [0.1, 0.15) is 5.82 Å². The molecule has 0 radical (unpaired) electrons. The number of thioether (sulfide) groups is 1. The number of halogens is 1. The van der Waals surface area contributed by atoms with Crippen molar-refractivity contribution in [2.75, 3.05) is 37.0 Å². The predicted octanol–water partition coefficient (Wildman–Crippen LogP) is 4.37. The van der Waals surface area contributed by atoms with E-state index in [0.29, 0.717) is 43.1 Å². The molecular formula is C26H26FN5O2S. The highest BCUT2D eigenvalue weighted by atomic mass is 32.2. The predicted molar refractivity (Wildman–Crippen MR) is 136 cm³/mol. The lowest BCUT2D eigenvalue weighted by Gasteiger charge is -2.27. The number of nitrogens with zero attached hydrogens (tertiary/aromatic N) is 4. The number of hydrogen-bond donors (Lipinski definition) is 1. The van der Waals surface area contributed by atoms with Crippen LogP contribution in [-0.2, 0) is 9.53 Å². The van der Waals surface area contributed by atoms with E-state index in [4.69, 9.17) is 4.74 Å². The highest BCUT2D eigenvalue weighted by Gasteiger charge is 2.23. The van der Waals surface area contributed by atoms with E-state index in [9.17, 15) is 9.18 Å². The number of amides is 1.